The van der Waals surface area contributed by atoms with Crippen LogP contribution in [0.1, 0.15) is 76.0 Å². The van der Waals surface area contributed by atoms with Crippen LogP contribution >= 0.6 is 0 Å². The van der Waals surface area contributed by atoms with Crippen LogP contribution in [0.5, 0.6) is 11.5 Å². The molecule has 0 aliphatic rings. The molecule has 0 unspecified atom stereocenters. The van der Waals surface area contributed by atoms with E-state index in [1.807, 2.05) is 53.7 Å². The van der Waals surface area contributed by atoms with Gasteiger partial charge in [-0.1, -0.05) is 53.7 Å². The van der Waals surface area contributed by atoms with E-state index in [1.54, 1.807) is 0 Å². The lowest BCUT2D eigenvalue weighted by Crippen LogP contribution is -2.10. The average Bonchev–Trinajstić information content (AvgIpc) is 2.57. The summed E-state index contributed by atoms with van der Waals surface area (Å²) in [7, 11) is -5.34. The molecule has 0 bridgehead atoms. The maximum absolute atomic E-state index is 14.7. The third-order valence-corrected chi connectivity index (χ3v) is 5.51. The van der Waals surface area contributed by atoms with E-state index in [9.17, 15) is 21.6 Å². The number of ether oxygens (including phenoxy) is 1. The summed E-state index contributed by atoms with van der Waals surface area (Å²) in [5, 5.41) is 0. The van der Waals surface area contributed by atoms with E-state index >= 15 is 0 Å². The zero-order chi connectivity index (χ0) is 22.3. The Hall–Kier alpha value is -2.06. The highest BCUT2D eigenvalue weighted by Gasteiger charge is 2.30. The average molecular weight is 430 g/mol. The number of halogens is 3. The number of hydrogen-bond donors (Lipinski definition) is 1. The summed E-state index contributed by atoms with van der Waals surface area (Å²) in [6.45, 7) is 11.7. The van der Waals surface area contributed by atoms with Crippen molar-refractivity contribution in [3.8, 4) is 11.5 Å². The fourth-order valence-electron chi connectivity index (χ4n) is 2.98. The highest BCUT2D eigenvalue weighted by atomic mass is 32.2. The Morgan fingerprint density at radius 3 is 1.69 bits per heavy atom. The Morgan fingerprint density at radius 2 is 1.31 bits per heavy atom. The maximum Gasteiger partial charge on any atom is 0.300 e. The molecule has 0 saturated carbocycles. The van der Waals surface area contributed by atoms with E-state index in [0.717, 1.165) is 16.7 Å². The van der Waals surface area contributed by atoms with Gasteiger partial charge in [0.05, 0.1) is 0 Å². The molecule has 4 nitrogen and oxygen atoms in total. The lowest BCUT2D eigenvalue weighted by atomic mass is 9.88. The lowest BCUT2D eigenvalue weighted by Gasteiger charge is -2.23. The molecule has 0 aliphatic heterocycles. The molecular formula is C21H25F3O4S. The summed E-state index contributed by atoms with van der Waals surface area (Å²) in [6.07, 6.45) is 0. The van der Waals surface area contributed by atoms with Crippen molar-refractivity contribution in [2.24, 2.45) is 0 Å². The van der Waals surface area contributed by atoms with Gasteiger partial charge in [0.25, 0.3) is 0 Å². The van der Waals surface area contributed by atoms with Gasteiger partial charge in [-0.15, -0.1) is 0 Å². The third-order valence-electron chi connectivity index (χ3n) is 4.63. The minimum Gasteiger partial charge on any atom is -0.454 e. The molecular weight excluding hydrogens is 405 g/mol. The first kappa shape index (κ1) is 23.2. The van der Waals surface area contributed by atoms with Crippen LogP contribution in [0.4, 0.5) is 13.2 Å². The molecule has 1 N–H and O–H groups in total. The zero-order valence-corrected chi connectivity index (χ0v) is 18.0. The molecule has 0 spiro atoms. The summed E-state index contributed by atoms with van der Waals surface area (Å²) in [4.78, 5) is -1.77. The SMILES string of the molecule is CC(C)c1cc(C(C)C)c(Oc2cc(F)c(F)c(S(=O)(=O)O)c2F)c(C(C)C)c1. The molecule has 0 fully saturated rings. The normalized spacial score (nSPS) is 12.3. The van der Waals surface area contributed by atoms with Crippen molar-refractivity contribution in [2.45, 2.75) is 64.2 Å². The molecule has 0 heterocycles. The topological polar surface area (TPSA) is 63.6 Å². The smallest absolute Gasteiger partial charge is 0.300 e. The van der Waals surface area contributed by atoms with Gasteiger partial charge in [-0.2, -0.15) is 8.42 Å². The van der Waals surface area contributed by atoms with E-state index in [-0.39, 0.29) is 23.5 Å². The number of benzene rings is 2. The fraction of sp³-hybridized carbons (Fsp3) is 0.429. The first-order valence-electron chi connectivity index (χ1n) is 9.26. The second-order valence-corrected chi connectivity index (χ2v) is 9.24. The largest absolute Gasteiger partial charge is 0.454 e. The van der Waals surface area contributed by atoms with Crippen LogP contribution in [-0.4, -0.2) is 13.0 Å². The van der Waals surface area contributed by atoms with Crippen LogP contribution < -0.4 is 4.74 Å². The summed E-state index contributed by atoms with van der Waals surface area (Å²) in [6, 6.07) is 4.24. The first-order valence-corrected chi connectivity index (χ1v) is 10.7. The molecule has 0 atom stereocenters. The van der Waals surface area contributed by atoms with E-state index in [1.165, 1.54) is 0 Å². The maximum atomic E-state index is 14.7. The summed E-state index contributed by atoms with van der Waals surface area (Å²) in [5.41, 5.74) is 2.48. The summed E-state index contributed by atoms with van der Waals surface area (Å²) >= 11 is 0. The molecule has 0 aliphatic carbocycles. The first-order chi connectivity index (χ1) is 13.3. The van der Waals surface area contributed by atoms with Gasteiger partial charge >= 0.3 is 10.1 Å². The summed E-state index contributed by atoms with van der Waals surface area (Å²) < 4.78 is 79.9. The lowest BCUT2D eigenvalue weighted by molar-refractivity contribution is 0.385. The molecule has 2 rings (SSSR count). The second kappa shape index (κ2) is 8.36. The molecule has 2 aromatic rings. The Kier molecular flexibility index (Phi) is 6.69. The molecule has 29 heavy (non-hydrogen) atoms. The van der Waals surface area contributed by atoms with Crippen LogP contribution in [0.2, 0.25) is 0 Å². The Balaban J connectivity index is 2.79. The van der Waals surface area contributed by atoms with Gasteiger partial charge in [0, 0.05) is 6.07 Å². The molecule has 0 amide bonds. The van der Waals surface area contributed by atoms with Crippen LogP contribution in [0.3, 0.4) is 0 Å². The van der Waals surface area contributed by atoms with Gasteiger partial charge in [0.1, 0.15) is 5.75 Å². The number of rotatable bonds is 6. The van der Waals surface area contributed by atoms with E-state index < -0.39 is 38.2 Å². The van der Waals surface area contributed by atoms with Gasteiger partial charge in [-0.25, -0.2) is 13.2 Å². The monoisotopic (exact) mass is 430 g/mol. The molecule has 160 valence electrons. The van der Waals surface area contributed by atoms with Gasteiger partial charge in [0.2, 0.25) is 0 Å². The van der Waals surface area contributed by atoms with E-state index in [0.29, 0.717) is 6.07 Å². The zero-order valence-electron chi connectivity index (χ0n) is 17.2. The van der Waals surface area contributed by atoms with Crippen molar-refractivity contribution in [3.63, 3.8) is 0 Å². The minimum absolute atomic E-state index is 0.0457. The van der Waals surface area contributed by atoms with Crippen molar-refractivity contribution in [1.29, 1.82) is 0 Å². The van der Waals surface area contributed by atoms with Crippen LogP contribution in [0.15, 0.2) is 23.1 Å². The molecule has 8 heteroatoms. The Labute approximate surface area is 169 Å². The van der Waals surface area contributed by atoms with Crippen LogP contribution in [0, 0.1) is 17.5 Å². The van der Waals surface area contributed by atoms with Gasteiger partial charge in [-0.3, -0.25) is 4.55 Å². The van der Waals surface area contributed by atoms with Crippen LogP contribution in [-0.2, 0) is 10.1 Å². The summed E-state index contributed by atoms with van der Waals surface area (Å²) in [5.74, 6) is -5.78. The van der Waals surface area contributed by atoms with E-state index in [2.05, 4.69) is 0 Å². The highest BCUT2D eigenvalue weighted by Crippen LogP contribution is 2.41. The van der Waals surface area contributed by atoms with Crippen molar-refractivity contribution in [2.75, 3.05) is 0 Å². The molecule has 0 aromatic heterocycles. The highest BCUT2D eigenvalue weighted by molar-refractivity contribution is 7.85. The second-order valence-electron chi connectivity index (χ2n) is 7.88. The standard InChI is InChI=1S/C21H25F3O4S/c1-10(2)13-7-14(11(3)4)20(15(8-13)12(5)6)28-17-9-16(22)18(23)21(19(17)24)29(25,26)27/h7-12H,1-6H3,(H,25,26,27). The van der Waals surface area contributed by atoms with Crippen molar-refractivity contribution in [3.05, 3.63) is 52.3 Å². The van der Waals surface area contributed by atoms with Gasteiger partial charge in [0.15, 0.2) is 28.1 Å². The molecule has 2 aromatic carbocycles. The van der Waals surface area contributed by atoms with Gasteiger partial charge < -0.3 is 4.74 Å². The van der Waals surface area contributed by atoms with Crippen molar-refractivity contribution >= 4 is 10.1 Å². The van der Waals surface area contributed by atoms with E-state index in [4.69, 9.17) is 9.29 Å². The predicted octanol–water partition coefficient (Wildman–Crippen LogP) is 6.51. The van der Waals surface area contributed by atoms with Gasteiger partial charge in [-0.05, 0) is 34.4 Å². The molecule has 0 saturated heterocycles. The Bertz CT molecular complexity index is 1000. The number of hydrogen-bond acceptors (Lipinski definition) is 3. The third kappa shape index (κ3) is 4.75. The van der Waals surface area contributed by atoms with Crippen LogP contribution in [0.25, 0.3) is 0 Å². The molecule has 0 radical (unpaired) electrons. The fourth-order valence-corrected chi connectivity index (χ4v) is 3.63. The minimum atomic E-state index is -5.34. The predicted molar refractivity (Wildman–Crippen MR) is 105 cm³/mol. The van der Waals surface area contributed by atoms with Crippen molar-refractivity contribution < 1.29 is 30.9 Å². The quantitative estimate of drug-likeness (QED) is 0.419. The van der Waals surface area contributed by atoms with Crippen molar-refractivity contribution in [1.82, 2.24) is 0 Å². The Morgan fingerprint density at radius 1 is 0.828 bits per heavy atom.